The lowest BCUT2D eigenvalue weighted by Gasteiger charge is -2.36. The average Bonchev–Trinajstić information content (AvgIpc) is 2.77. The number of nitrogens with one attached hydrogen (secondary N) is 1. The summed E-state index contributed by atoms with van der Waals surface area (Å²) in [6.07, 6.45) is 0. The van der Waals surface area contributed by atoms with Gasteiger partial charge in [-0.1, -0.05) is 6.07 Å². The summed E-state index contributed by atoms with van der Waals surface area (Å²) in [5, 5.41) is 3.58. The first-order valence-electron chi connectivity index (χ1n) is 10.3. The van der Waals surface area contributed by atoms with Crippen LogP contribution in [-0.2, 0) is 4.79 Å². The largest absolute Gasteiger partial charge is 0.497 e. The molecular weight excluding hydrogens is 392 g/mol. The third kappa shape index (κ3) is 4.45. The highest BCUT2D eigenvalue weighted by Gasteiger charge is 2.24. The van der Waals surface area contributed by atoms with Gasteiger partial charge in [-0.3, -0.25) is 14.6 Å². The Morgan fingerprint density at radius 1 is 1.00 bits per heavy atom. The number of piperazine rings is 1. The van der Waals surface area contributed by atoms with Crippen LogP contribution in [0, 0.1) is 6.92 Å². The zero-order valence-corrected chi connectivity index (χ0v) is 18.0. The number of aromatic nitrogens is 1. The summed E-state index contributed by atoms with van der Waals surface area (Å²) in [7, 11) is 1.65. The number of aryl methyl sites for hydroxylation is 1. The van der Waals surface area contributed by atoms with Crippen molar-refractivity contribution in [2.45, 2.75) is 13.8 Å². The van der Waals surface area contributed by atoms with Crippen molar-refractivity contribution in [3.63, 3.8) is 0 Å². The predicted molar refractivity (Wildman–Crippen MR) is 122 cm³/mol. The number of fused-ring (bicyclic) bond motifs is 1. The SMILES string of the molecule is COc1ccc(N2CCN(C(=O)c3cc(NC(C)=O)cc4nc(C)ccc34)CC2)cc1. The van der Waals surface area contributed by atoms with Crippen LogP contribution in [-0.4, -0.2) is 55.0 Å². The Hall–Kier alpha value is -3.61. The van der Waals surface area contributed by atoms with Crippen LogP contribution in [0.2, 0.25) is 0 Å². The van der Waals surface area contributed by atoms with Crippen LogP contribution in [0.1, 0.15) is 23.0 Å². The van der Waals surface area contributed by atoms with E-state index in [1.165, 1.54) is 6.92 Å². The molecule has 1 N–H and O–H groups in total. The second-order valence-electron chi connectivity index (χ2n) is 7.70. The molecule has 2 amide bonds. The number of pyridine rings is 1. The van der Waals surface area contributed by atoms with Crippen LogP contribution in [0.5, 0.6) is 5.75 Å². The molecule has 1 aliphatic rings. The van der Waals surface area contributed by atoms with Crippen molar-refractivity contribution in [2.24, 2.45) is 0 Å². The lowest BCUT2D eigenvalue weighted by atomic mass is 10.0. The Bertz CT molecular complexity index is 1120. The third-order valence-corrected chi connectivity index (χ3v) is 5.50. The molecule has 0 unspecified atom stereocenters. The molecule has 1 fully saturated rings. The van der Waals surface area contributed by atoms with E-state index in [2.05, 4.69) is 15.2 Å². The maximum Gasteiger partial charge on any atom is 0.254 e. The van der Waals surface area contributed by atoms with Crippen LogP contribution in [0.4, 0.5) is 11.4 Å². The number of hydrogen-bond donors (Lipinski definition) is 1. The first-order valence-corrected chi connectivity index (χ1v) is 10.3. The summed E-state index contributed by atoms with van der Waals surface area (Å²) in [5.41, 5.74) is 3.82. The molecule has 7 nitrogen and oxygen atoms in total. The number of methoxy groups -OCH3 is 1. The van der Waals surface area contributed by atoms with Crippen LogP contribution in [0.3, 0.4) is 0 Å². The number of hydrogen-bond acceptors (Lipinski definition) is 5. The fourth-order valence-electron chi connectivity index (χ4n) is 3.92. The van der Waals surface area contributed by atoms with Gasteiger partial charge in [0.2, 0.25) is 5.91 Å². The van der Waals surface area contributed by atoms with Crippen LogP contribution in [0.25, 0.3) is 10.9 Å². The lowest BCUT2D eigenvalue weighted by Crippen LogP contribution is -2.48. The van der Waals surface area contributed by atoms with Crippen molar-refractivity contribution in [1.29, 1.82) is 0 Å². The van der Waals surface area contributed by atoms with Crippen LogP contribution in [0.15, 0.2) is 48.5 Å². The fourth-order valence-corrected chi connectivity index (χ4v) is 3.92. The van der Waals surface area contributed by atoms with E-state index in [0.29, 0.717) is 29.9 Å². The molecule has 2 aromatic carbocycles. The molecule has 7 heteroatoms. The molecule has 2 heterocycles. The third-order valence-electron chi connectivity index (χ3n) is 5.50. The van der Waals surface area contributed by atoms with Gasteiger partial charge in [-0.2, -0.15) is 0 Å². The number of nitrogens with zero attached hydrogens (tertiary/aromatic N) is 3. The molecule has 3 aromatic rings. The molecule has 31 heavy (non-hydrogen) atoms. The van der Waals surface area contributed by atoms with E-state index in [1.54, 1.807) is 13.2 Å². The standard InChI is InChI=1S/C24H26N4O3/c1-16-4-9-21-22(14-18(26-17(2)29)15-23(21)25-16)24(30)28-12-10-27(11-13-28)19-5-7-20(31-3)8-6-19/h4-9,14-15H,10-13H2,1-3H3,(H,26,29). The fraction of sp³-hybridized carbons (Fsp3) is 0.292. The van der Waals surface area contributed by atoms with Gasteiger partial charge in [0.15, 0.2) is 0 Å². The van der Waals surface area contributed by atoms with Crippen molar-refractivity contribution in [2.75, 3.05) is 43.5 Å². The molecule has 0 spiro atoms. The minimum Gasteiger partial charge on any atom is -0.497 e. The molecular formula is C24H26N4O3. The number of carbonyl (C=O) groups is 2. The van der Waals surface area contributed by atoms with Gasteiger partial charge in [0.25, 0.3) is 5.91 Å². The summed E-state index contributed by atoms with van der Waals surface area (Å²) >= 11 is 0. The number of rotatable bonds is 4. The number of ether oxygens (including phenoxy) is 1. The number of anilines is 2. The van der Waals surface area contributed by atoms with Crippen molar-refractivity contribution < 1.29 is 14.3 Å². The van der Waals surface area contributed by atoms with Crippen molar-refractivity contribution >= 4 is 34.1 Å². The van der Waals surface area contributed by atoms with Gasteiger partial charge in [0, 0.05) is 55.6 Å². The molecule has 0 saturated carbocycles. The van der Waals surface area contributed by atoms with E-state index in [0.717, 1.165) is 35.6 Å². The topological polar surface area (TPSA) is 74.8 Å². The first-order chi connectivity index (χ1) is 14.9. The van der Waals surface area contributed by atoms with Crippen LogP contribution < -0.4 is 15.0 Å². The second-order valence-corrected chi connectivity index (χ2v) is 7.70. The Labute approximate surface area is 181 Å². The molecule has 1 saturated heterocycles. The molecule has 4 rings (SSSR count). The highest BCUT2D eigenvalue weighted by Crippen LogP contribution is 2.26. The molecule has 1 aromatic heterocycles. The van der Waals surface area contributed by atoms with E-state index in [9.17, 15) is 9.59 Å². The highest BCUT2D eigenvalue weighted by atomic mass is 16.5. The molecule has 0 bridgehead atoms. The van der Waals surface area contributed by atoms with Gasteiger partial charge in [-0.15, -0.1) is 0 Å². The van der Waals surface area contributed by atoms with Crippen LogP contribution >= 0.6 is 0 Å². The van der Waals surface area contributed by atoms with Gasteiger partial charge < -0.3 is 19.9 Å². The maximum absolute atomic E-state index is 13.4. The zero-order chi connectivity index (χ0) is 22.0. The summed E-state index contributed by atoms with van der Waals surface area (Å²) in [6, 6.07) is 15.3. The molecule has 0 atom stereocenters. The van der Waals surface area contributed by atoms with Crippen molar-refractivity contribution in [3.05, 3.63) is 59.8 Å². The predicted octanol–water partition coefficient (Wildman–Crippen LogP) is 3.47. The first kappa shape index (κ1) is 20.7. The highest BCUT2D eigenvalue weighted by molar-refractivity contribution is 6.08. The Balaban J connectivity index is 1.56. The Morgan fingerprint density at radius 3 is 2.35 bits per heavy atom. The smallest absolute Gasteiger partial charge is 0.254 e. The molecule has 0 radical (unpaired) electrons. The maximum atomic E-state index is 13.4. The summed E-state index contributed by atoms with van der Waals surface area (Å²) in [5.74, 6) is 0.600. The minimum atomic E-state index is -0.182. The monoisotopic (exact) mass is 418 g/mol. The van der Waals surface area contributed by atoms with Gasteiger partial charge in [0.1, 0.15) is 5.75 Å². The van der Waals surface area contributed by atoms with Gasteiger partial charge in [0.05, 0.1) is 18.2 Å². The zero-order valence-electron chi connectivity index (χ0n) is 18.0. The number of carbonyl (C=O) groups excluding carboxylic acids is 2. The normalized spacial score (nSPS) is 13.9. The summed E-state index contributed by atoms with van der Waals surface area (Å²) < 4.78 is 5.23. The molecule has 1 aliphatic heterocycles. The lowest BCUT2D eigenvalue weighted by molar-refractivity contribution is -0.114. The van der Waals surface area contributed by atoms with E-state index in [-0.39, 0.29) is 11.8 Å². The Kier molecular flexibility index (Phi) is 5.75. The minimum absolute atomic E-state index is 0.0442. The second kappa shape index (κ2) is 8.63. The number of amides is 2. The average molecular weight is 418 g/mol. The summed E-state index contributed by atoms with van der Waals surface area (Å²) in [4.78, 5) is 33.7. The van der Waals surface area contributed by atoms with Gasteiger partial charge >= 0.3 is 0 Å². The van der Waals surface area contributed by atoms with Gasteiger partial charge in [-0.25, -0.2) is 0 Å². The van der Waals surface area contributed by atoms with Crippen molar-refractivity contribution in [1.82, 2.24) is 9.88 Å². The quantitative estimate of drug-likeness (QED) is 0.702. The van der Waals surface area contributed by atoms with E-state index in [1.807, 2.05) is 54.3 Å². The van der Waals surface area contributed by atoms with E-state index >= 15 is 0 Å². The van der Waals surface area contributed by atoms with E-state index < -0.39 is 0 Å². The molecule has 160 valence electrons. The molecule has 0 aliphatic carbocycles. The summed E-state index contributed by atoms with van der Waals surface area (Å²) in [6.45, 7) is 6.10. The van der Waals surface area contributed by atoms with Crippen molar-refractivity contribution in [3.8, 4) is 5.75 Å². The Morgan fingerprint density at radius 2 is 1.71 bits per heavy atom. The van der Waals surface area contributed by atoms with E-state index in [4.69, 9.17) is 4.74 Å². The van der Waals surface area contributed by atoms with Gasteiger partial charge in [-0.05, 0) is 49.4 Å². The number of benzene rings is 2.